The van der Waals surface area contributed by atoms with Gasteiger partial charge in [0.2, 0.25) is 0 Å². The summed E-state index contributed by atoms with van der Waals surface area (Å²) in [6.07, 6.45) is 16.3. The first kappa shape index (κ1) is 23.3. The minimum absolute atomic E-state index is 0.202. The molecule has 1 fully saturated rings. The maximum Gasteiger partial charge on any atom is 0.132 e. The average molecular weight is 436 g/mol. The van der Waals surface area contributed by atoms with Crippen LogP contribution in [-0.4, -0.2) is 38.0 Å². The van der Waals surface area contributed by atoms with E-state index in [1.807, 2.05) is 44.5 Å². The number of allylic oxidation sites excluding steroid dienone is 6. The lowest BCUT2D eigenvalue weighted by molar-refractivity contribution is 0.0690. The maximum atomic E-state index is 7.51. The van der Waals surface area contributed by atoms with Crippen molar-refractivity contribution in [3.63, 3.8) is 0 Å². The molecule has 7 N–H and O–H groups in total. The van der Waals surface area contributed by atoms with Gasteiger partial charge in [0.15, 0.2) is 0 Å². The number of fused-ring (bicyclic) bond motifs is 1. The minimum atomic E-state index is 0.202. The Morgan fingerprint density at radius 1 is 1.28 bits per heavy atom. The summed E-state index contributed by atoms with van der Waals surface area (Å²) in [5.41, 5.74) is 16.3. The van der Waals surface area contributed by atoms with Crippen LogP contribution in [0.15, 0.2) is 80.6 Å². The van der Waals surface area contributed by atoms with Crippen molar-refractivity contribution in [2.24, 2.45) is 33.3 Å². The van der Waals surface area contributed by atoms with E-state index in [0.29, 0.717) is 17.6 Å². The summed E-state index contributed by atoms with van der Waals surface area (Å²) in [5.74, 6) is 1.74. The maximum absolute atomic E-state index is 7.51. The van der Waals surface area contributed by atoms with E-state index in [1.54, 1.807) is 12.3 Å². The molecule has 3 aliphatic rings. The van der Waals surface area contributed by atoms with E-state index in [4.69, 9.17) is 21.6 Å². The molecule has 170 valence electrons. The van der Waals surface area contributed by atoms with Gasteiger partial charge >= 0.3 is 0 Å². The molecule has 3 rings (SSSR count). The number of dihydropyridines is 2. The van der Waals surface area contributed by atoms with Gasteiger partial charge in [-0.2, -0.15) is 0 Å². The second kappa shape index (κ2) is 11.3. The third kappa shape index (κ3) is 6.31. The number of hydrogen-bond acceptors (Lipinski definition) is 7. The molecule has 3 aliphatic heterocycles. The van der Waals surface area contributed by atoms with Gasteiger partial charge in [0.1, 0.15) is 11.7 Å². The molecule has 0 atom stereocenters. The Labute approximate surface area is 189 Å². The first-order valence-electron chi connectivity index (χ1n) is 10.9. The monoisotopic (exact) mass is 435 g/mol. The molecule has 1 saturated heterocycles. The number of rotatable bonds is 8. The van der Waals surface area contributed by atoms with Gasteiger partial charge in [-0.15, -0.1) is 0 Å². The van der Waals surface area contributed by atoms with Crippen LogP contribution in [-0.2, 0) is 4.74 Å². The van der Waals surface area contributed by atoms with Crippen LogP contribution in [0.2, 0.25) is 0 Å². The largest absolute Gasteiger partial charge is 0.404 e. The molecule has 0 aromatic carbocycles. The average Bonchev–Trinajstić information content (AvgIpc) is 2.80. The lowest BCUT2D eigenvalue weighted by Gasteiger charge is -2.23. The van der Waals surface area contributed by atoms with E-state index in [-0.39, 0.29) is 5.92 Å². The zero-order chi connectivity index (χ0) is 22.9. The third-order valence-electron chi connectivity index (χ3n) is 5.49. The molecule has 0 aromatic rings. The number of nitrogens with one attached hydrogen (secondary N) is 3. The summed E-state index contributed by atoms with van der Waals surface area (Å²) in [4.78, 5) is 9.06. The van der Waals surface area contributed by atoms with Crippen LogP contribution in [0.3, 0.4) is 0 Å². The van der Waals surface area contributed by atoms with E-state index in [9.17, 15) is 0 Å². The number of nitrogens with zero attached hydrogens (tertiary/aromatic N) is 2. The Morgan fingerprint density at radius 3 is 2.75 bits per heavy atom. The van der Waals surface area contributed by atoms with Crippen molar-refractivity contribution in [3.8, 4) is 0 Å². The van der Waals surface area contributed by atoms with Gasteiger partial charge in [-0.25, -0.2) is 4.99 Å². The summed E-state index contributed by atoms with van der Waals surface area (Å²) in [6, 6.07) is 0. The molecule has 0 spiro atoms. The first-order valence-corrected chi connectivity index (χ1v) is 10.9. The normalized spacial score (nSPS) is 20.7. The summed E-state index contributed by atoms with van der Waals surface area (Å²) in [6.45, 7) is 6.45. The van der Waals surface area contributed by atoms with Crippen molar-refractivity contribution in [3.05, 3.63) is 70.6 Å². The Bertz CT molecular complexity index is 955. The zero-order valence-corrected chi connectivity index (χ0v) is 18.8. The van der Waals surface area contributed by atoms with Crippen LogP contribution in [0.1, 0.15) is 26.7 Å². The van der Waals surface area contributed by atoms with Gasteiger partial charge in [-0.3, -0.25) is 4.99 Å². The van der Waals surface area contributed by atoms with Gasteiger partial charge in [0, 0.05) is 55.7 Å². The lowest BCUT2D eigenvalue weighted by Crippen LogP contribution is -2.27. The van der Waals surface area contributed by atoms with Crippen molar-refractivity contribution < 1.29 is 4.74 Å². The van der Waals surface area contributed by atoms with Crippen molar-refractivity contribution in [2.45, 2.75) is 26.7 Å². The minimum Gasteiger partial charge on any atom is -0.404 e. The topological polar surface area (TPSA) is 134 Å². The van der Waals surface area contributed by atoms with Crippen molar-refractivity contribution in [1.29, 1.82) is 5.41 Å². The van der Waals surface area contributed by atoms with Crippen LogP contribution in [0.4, 0.5) is 0 Å². The molecule has 0 bridgehead atoms. The SMILES string of the molecule is CC(C)C(C=N)=CC(N)=NC1=CC=C2NC=C(C(C=NCC3CCOCC3)=CN)C=C2N1. The fourth-order valence-corrected chi connectivity index (χ4v) is 3.48. The molecule has 0 saturated carbocycles. The second-order valence-corrected chi connectivity index (χ2v) is 8.21. The Balaban J connectivity index is 1.68. The van der Waals surface area contributed by atoms with Crippen molar-refractivity contribution >= 4 is 18.3 Å². The highest BCUT2D eigenvalue weighted by Crippen LogP contribution is 2.23. The summed E-state index contributed by atoms with van der Waals surface area (Å²) in [5, 5.41) is 14.1. The number of hydrogen-bond donors (Lipinski definition) is 5. The van der Waals surface area contributed by atoms with E-state index in [0.717, 1.165) is 60.7 Å². The highest BCUT2D eigenvalue weighted by Gasteiger charge is 2.17. The quantitative estimate of drug-likeness (QED) is 0.295. The number of aliphatic imine (C=N–C) groups is 2. The van der Waals surface area contributed by atoms with Gasteiger partial charge in [0.05, 0.1) is 11.4 Å². The summed E-state index contributed by atoms with van der Waals surface area (Å²) >= 11 is 0. The molecule has 3 heterocycles. The fraction of sp³-hybridized carbons (Fsp3) is 0.375. The van der Waals surface area contributed by atoms with Crippen LogP contribution < -0.4 is 22.1 Å². The highest BCUT2D eigenvalue weighted by molar-refractivity contribution is 5.97. The Hall–Kier alpha value is -3.39. The lowest BCUT2D eigenvalue weighted by atomic mass is 10.0. The third-order valence-corrected chi connectivity index (χ3v) is 5.49. The van der Waals surface area contributed by atoms with E-state index in [1.165, 1.54) is 6.21 Å². The van der Waals surface area contributed by atoms with E-state index >= 15 is 0 Å². The predicted octanol–water partition coefficient (Wildman–Crippen LogP) is 2.62. The molecular formula is C24H33N7O. The van der Waals surface area contributed by atoms with Gasteiger partial charge in [-0.05, 0) is 54.6 Å². The van der Waals surface area contributed by atoms with Crippen LogP contribution in [0.25, 0.3) is 0 Å². The number of amidine groups is 1. The smallest absolute Gasteiger partial charge is 0.132 e. The van der Waals surface area contributed by atoms with Crippen molar-refractivity contribution in [2.75, 3.05) is 19.8 Å². The van der Waals surface area contributed by atoms with Crippen LogP contribution >= 0.6 is 0 Å². The number of nitrogens with two attached hydrogens (primary N) is 2. The Morgan fingerprint density at radius 2 is 2.06 bits per heavy atom. The van der Waals surface area contributed by atoms with Crippen LogP contribution in [0.5, 0.6) is 0 Å². The molecular weight excluding hydrogens is 402 g/mol. The van der Waals surface area contributed by atoms with E-state index < -0.39 is 0 Å². The van der Waals surface area contributed by atoms with Gasteiger partial charge in [-0.1, -0.05) is 13.8 Å². The fourth-order valence-electron chi connectivity index (χ4n) is 3.48. The molecule has 0 aliphatic carbocycles. The van der Waals surface area contributed by atoms with Crippen molar-refractivity contribution in [1.82, 2.24) is 10.6 Å². The zero-order valence-electron chi connectivity index (χ0n) is 18.8. The number of ether oxygens (including phenoxy) is 1. The second-order valence-electron chi connectivity index (χ2n) is 8.21. The summed E-state index contributed by atoms with van der Waals surface area (Å²) < 4.78 is 5.41. The molecule has 0 unspecified atom stereocenters. The molecule has 0 radical (unpaired) electrons. The predicted molar refractivity (Wildman–Crippen MR) is 131 cm³/mol. The summed E-state index contributed by atoms with van der Waals surface area (Å²) in [7, 11) is 0. The van der Waals surface area contributed by atoms with Gasteiger partial charge in [0.25, 0.3) is 0 Å². The molecule has 0 amide bonds. The standard InChI is InChI=1S/C24H33N7O/c1-16(2)18(11-25)10-23(27)31-24-4-3-21-22(30-24)9-19(15-29-21)20(12-26)14-28-13-17-5-7-32-8-6-17/h3-4,9-12,14-17,25,29-30H,5-8,13,26H2,1-2H3,(H2,27,31). The molecule has 0 aromatic heterocycles. The van der Waals surface area contributed by atoms with Gasteiger partial charge < -0.3 is 32.2 Å². The molecule has 8 nitrogen and oxygen atoms in total. The van der Waals surface area contributed by atoms with E-state index in [2.05, 4.69) is 20.6 Å². The molecule has 32 heavy (non-hydrogen) atoms. The Kier molecular flexibility index (Phi) is 8.21. The highest BCUT2D eigenvalue weighted by atomic mass is 16.5. The van der Waals surface area contributed by atoms with Crippen LogP contribution in [0, 0.1) is 17.2 Å². The first-order chi connectivity index (χ1) is 15.5. The molecule has 8 heteroatoms.